The van der Waals surface area contributed by atoms with Crippen LogP contribution in [-0.4, -0.2) is 58.7 Å². The molecule has 1 fully saturated rings. The van der Waals surface area contributed by atoms with Gasteiger partial charge in [0.15, 0.2) is 0 Å². The molecule has 1 aliphatic heterocycles. The van der Waals surface area contributed by atoms with Crippen molar-refractivity contribution in [1.29, 1.82) is 0 Å². The number of ether oxygens (including phenoxy) is 1. The molecule has 0 amide bonds. The largest absolute Gasteiger partial charge is 0.378 e. The fourth-order valence-corrected chi connectivity index (χ4v) is 3.56. The van der Waals surface area contributed by atoms with E-state index in [4.69, 9.17) is 4.74 Å². The first kappa shape index (κ1) is 18.8. The van der Waals surface area contributed by atoms with E-state index in [-0.39, 0.29) is 6.10 Å². The van der Waals surface area contributed by atoms with Crippen LogP contribution in [0.15, 0.2) is 0 Å². The van der Waals surface area contributed by atoms with Crippen LogP contribution in [0.25, 0.3) is 0 Å². The Labute approximate surface area is 129 Å². The zero-order valence-corrected chi connectivity index (χ0v) is 14.4. The molecule has 1 heterocycles. The van der Waals surface area contributed by atoms with Crippen LogP contribution in [0.4, 0.5) is 0 Å². The molecule has 0 aromatic heterocycles. The second-order valence-corrected chi connectivity index (χ2v) is 7.51. The fourth-order valence-electron chi connectivity index (χ4n) is 2.55. The van der Waals surface area contributed by atoms with Crippen LogP contribution in [0, 0.1) is 5.92 Å². The highest BCUT2D eigenvalue weighted by molar-refractivity contribution is 7.87. The average Bonchev–Trinajstić information content (AvgIpc) is 2.92. The molecule has 1 rings (SSSR count). The van der Waals surface area contributed by atoms with E-state index in [1.165, 1.54) is 4.31 Å². The average molecular weight is 321 g/mol. The highest BCUT2D eigenvalue weighted by atomic mass is 32.2. The molecule has 0 aromatic rings. The molecule has 0 saturated carbocycles. The Bertz CT molecular complexity index is 376. The second kappa shape index (κ2) is 9.74. The Morgan fingerprint density at radius 1 is 1.29 bits per heavy atom. The van der Waals surface area contributed by atoms with E-state index in [0.29, 0.717) is 19.0 Å². The van der Waals surface area contributed by atoms with Crippen molar-refractivity contribution in [3.05, 3.63) is 0 Å². The Balaban J connectivity index is 2.28. The second-order valence-electron chi connectivity index (χ2n) is 5.64. The van der Waals surface area contributed by atoms with Crippen LogP contribution in [0.1, 0.15) is 39.5 Å². The molecule has 2 N–H and O–H groups in total. The summed E-state index contributed by atoms with van der Waals surface area (Å²) >= 11 is 0. The highest BCUT2D eigenvalue weighted by Crippen LogP contribution is 2.22. The molecule has 0 aromatic carbocycles. The zero-order valence-electron chi connectivity index (χ0n) is 13.6. The van der Waals surface area contributed by atoms with Gasteiger partial charge in [0.2, 0.25) is 0 Å². The van der Waals surface area contributed by atoms with Gasteiger partial charge in [-0.15, -0.1) is 0 Å². The third-order valence-electron chi connectivity index (χ3n) is 3.94. The standard InChI is InChI=1S/C14H31N3O3S/c1-4-8-15-9-6-10-17(3)21(18,19)16-12-13-7-11-20-14(13)5-2/h13-16H,4-12H2,1-3H3. The van der Waals surface area contributed by atoms with Gasteiger partial charge in [0.25, 0.3) is 10.2 Å². The quantitative estimate of drug-likeness (QED) is 0.556. The van der Waals surface area contributed by atoms with Crippen molar-refractivity contribution in [2.75, 3.05) is 39.8 Å². The number of nitrogens with zero attached hydrogens (tertiary/aromatic N) is 1. The third-order valence-corrected chi connectivity index (χ3v) is 5.47. The van der Waals surface area contributed by atoms with E-state index in [1.807, 2.05) is 0 Å². The topological polar surface area (TPSA) is 70.7 Å². The highest BCUT2D eigenvalue weighted by Gasteiger charge is 2.28. The first-order valence-corrected chi connectivity index (χ1v) is 9.48. The van der Waals surface area contributed by atoms with Gasteiger partial charge in [-0.1, -0.05) is 13.8 Å². The summed E-state index contributed by atoms with van der Waals surface area (Å²) in [5.74, 6) is 0.296. The first-order chi connectivity index (χ1) is 10.0. The maximum atomic E-state index is 12.2. The van der Waals surface area contributed by atoms with Crippen LogP contribution in [-0.2, 0) is 14.9 Å². The smallest absolute Gasteiger partial charge is 0.279 e. The Morgan fingerprint density at radius 2 is 2.05 bits per heavy atom. The van der Waals surface area contributed by atoms with Gasteiger partial charge in [-0.2, -0.15) is 12.7 Å². The Morgan fingerprint density at radius 3 is 2.71 bits per heavy atom. The van der Waals surface area contributed by atoms with Gasteiger partial charge in [-0.05, 0) is 38.8 Å². The molecule has 0 aliphatic carbocycles. The zero-order chi connectivity index (χ0) is 15.7. The lowest BCUT2D eigenvalue weighted by Crippen LogP contribution is -2.42. The number of hydrogen-bond acceptors (Lipinski definition) is 4. The first-order valence-electron chi connectivity index (χ1n) is 8.04. The van der Waals surface area contributed by atoms with Crippen molar-refractivity contribution in [2.45, 2.75) is 45.6 Å². The van der Waals surface area contributed by atoms with E-state index >= 15 is 0 Å². The normalized spacial score (nSPS) is 23.0. The van der Waals surface area contributed by atoms with Gasteiger partial charge >= 0.3 is 0 Å². The number of rotatable bonds is 11. The van der Waals surface area contributed by atoms with Gasteiger partial charge in [0, 0.05) is 32.7 Å². The number of hydrogen-bond donors (Lipinski definition) is 2. The molecule has 0 spiro atoms. The molecule has 6 nitrogen and oxygen atoms in total. The van der Waals surface area contributed by atoms with Crippen molar-refractivity contribution in [1.82, 2.24) is 14.3 Å². The number of nitrogens with one attached hydrogen (secondary N) is 2. The molecule has 126 valence electrons. The molecule has 21 heavy (non-hydrogen) atoms. The van der Waals surface area contributed by atoms with E-state index < -0.39 is 10.2 Å². The molecule has 1 aliphatic rings. The maximum absolute atomic E-state index is 12.2. The molecule has 2 atom stereocenters. The van der Waals surface area contributed by atoms with Crippen LogP contribution < -0.4 is 10.0 Å². The molecule has 2 unspecified atom stereocenters. The predicted molar refractivity (Wildman–Crippen MR) is 85.5 cm³/mol. The summed E-state index contributed by atoms with van der Waals surface area (Å²) in [6.45, 7) is 7.76. The van der Waals surface area contributed by atoms with E-state index in [1.54, 1.807) is 7.05 Å². The summed E-state index contributed by atoms with van der Waals surface area (Å²) in [5, 5.41) is 3.27. The lowest BCUT2D eigenvalue weighted by atomic mass is 10.0. The Hall–Kier alpha value is -0.210. The fraction of sp³-hybridized carbons (Fsp3) is 1.00. The van der Waals surface area contributed by atoms with Crippen LogP contribution >= 0.6 is 0 Å². The molecule has 0 radical (unpaired) electrons. The van der Waals surface area contributed by atoms with Crippen LogP contribution in [0.3, 0.4) is 0 Å². The van der Waals surface area contributed by atoms with Crippen molar-refractivity contribution in [3.63, 3.8) is 0 Å². The molecular formula is C14H31N3O3S. The summed E-state index contributed by atoms with van der Waals surface area (Å²) in [7, 11) is -1.74. The summed E-state index contributed by atoms with van der Waals surface area (Å²) in [4.78, 5) is 0. The van der Waals surface area contributed by atoms with Gasteiger partial charge < -0.3 is 10.1 Å². The van der Waals surface area contributed by atoms with E-state index in [0.717, 1.165) is 45.4 Å². The van der Waals surface area contributed by atoms with Crippen LogP contribution in [0.2, 0.25) is 0 Å². The SMILES string of the molecule is CCCNCCCN(C)S(=O)(=O)NCC1CCOC1CC. The molecule has 7 heteroatoms. The van der Waals surface area contributed by atoms with Crippen LogP contribution in [0.5, 0.6) is 0 Å². The Kier molecular flexibility index (Phi) is 8.73. The molecule has 0 bridgehead atoms. The lowest BCUT2D eigenvalue weighted by Gasteiger charge is -2.21. The molecular weight excluding hydrogens is 290 g/mol. The van der Waals surface area contributed by atoms with Gasteiger partial charge in [-0.3, -0.25) is 0 Å². The third kappa shape index (κ3) is 6.61. The minimum atomic E-state index is -3.37. The van der Waals surface area contributed by atoms with Crippen molar-refractivity contribution >= 4 is 10.2 Å². The monoisotopic (exact) mass is 321 g/mol. The van der Waals surface area contributed by atoms with Gasteiger partial charge in [0.05, 0.1) is 6.10 Å². The van der Waals surface area contributed by atoms with Gasteiger partial charge in [-0.25, -0.2) is 4.72 Å². The van der Waals surface area contributed by atoms with Crippen molar-refractivity contribution in [2.24, 2.45) is 5.92 Å². The van der Waals surface area contributed by atoms with Gasteiger partial charge in [0.1, 0.15) is 0 Å². The summed E-state index contributed by atoms with van der Waals surface area (Å²) in [6, 6.07) is 0. The minimum absolute atomic E-state index is 0.191. The summed E-state index contributed by atoms with van der Waals surface area (Å²) in [6.07, 6.45) is 3.98. The van der Waals surface area contributed by atoms with E-state index in [9.17, 15) is 8.42 Å². The van der Waals surface area contributed by atoms with Crippen molar-refractivity contribution in [3.8, 4) is 0 Å². The molecule has 1 saturated heterocycles. The maximum Gasteiger partial charge on any atom is 0.279 e. The van der Waals surface area contributed by atoms with Crippen molar-refractivity contribution < 1.29 is 13.2 Å². The minimum Gasteiger partial charge on any atom is -0.378 e. The predicted octanol–water partition coefficient (Wildman–Crippen LogP) is 0.957. The summed E-state index contributed by atoms with van der Waals surface area (Å²) < 4.78 is 34.0. The summed E-state index contributed by atoms with van der Waals surface area (Å²) in [5.41, 5.74) is 0. The lowest BCUT2D eigenvalue weighted by molar-refractivity contribution is 0.0884. The van der Waals surface area contributed by atoms with E-state index in [2.05, 4.69) is 23.9 Å².